The number of amidine groups is 1. The molecule has 0 radical (unpaired) electrons. The predicted octanol–water partition coefficient (Wildman–Crippen LogP) is 0.853. The maximum Gasteiger partial charge on any atom is 0.234 e. The molecule has 0 aromatic heterocycles. The van der Waals surface area contributed by atoms with Gasteiger partial charge in [-0.05, 0) is 12.8 Å². The van der Waals surface area contributed by atoms with Crippen molar-refractivity contribution in [3.8, 4) is 0 Å². The van der Waals surface area contributed by atoms with Crippen molar-refractivity contribution in [2.45, 2.75) is 38.5 Å². The van der Waals surface area contributed by atoms with E-state index < -0.39 is 5.41 Å². The van der Waals surface area contributed by atoms with Crippen molar-refractivity contribution in [1.82, 2.24) is 5.32 Å². The average molecular weight is 301 g/mol. The number of carbonyl (C=O) groups is 1. The third kappa shape index (κ3) is 5.17. The number of carbonyl (C=O) groups excluding carboxylic acids is 1. The minimum atomic E-state index is -0.877. The van der Waals surface area contributed by atoms with Crippen molar-refractivity contribution in [3.05, 3.63) is 0 Å². The Morgan fingerprint density at radius 2 is 1.90 bits per heavy atom. The topological polar surface area (TPSA) is 106 Å². The Kier molecular flexibility index (Phi) is 8.07. The van der Waals surface area contributed by atoms with Crippen LogP contribution in [0.4, 0.5) is 0 Å². The number of methoxy groups -OCH3 is 1. The highest BCUT2D eigenvalue weighted by molar-refractivity contribution is 6.06. The Hall–Kier alpha value is -1.34. The van der Waals surface area contributed by atoms with Crippen molar-refractivity contribution in [2.24, 2.45) is 16.3 Å². The molecule has 4 N–H and O–H groups in total. The summed E-state index contributed by atoms with van der Waals surface area (Å²) in [6.07, 6.45) is 5.22. The zero-order chi connectivity index (χ0) is 15.6. The number of nitrogens with zero attached hydrogens (tertiary/aromatic N) is 1. The molecule has 1 aliphatic carbocycles. The summed E-state index contributed by atoms with van der Waals surface area (Å²) in [5, 5.41) is 14.9. The second-order valence-corrected chi connectivity index (χ2v) is 5.34. The van der Waals surface area contributed by atoms with Crippen LogP contribution in [0.5, 0.6) is 0 Å². The largest absolute Gasteiger partial charge is 0.409 e. The summed E-state index contributed by atoms with van der Waals surface area (Å²) in [6, 6.07) is 0. The van der Waals surface area contributed by atoms with Gasteiger partial charge in [0, 0.05) is 13.7 Å². The predicted molar refractivity (Wildman–Crippen MR) is 79.2 cm³/mol. The molecular formula is C14H27N3O4. The highest BCUT2D eigenvalue weighted by atomic mass is 16.5. The standard InChI is InChI=1S/C14H27N3O4/c1-20-10-11-21-9-8-16-13(18)14(12(15)17-19)6-4-2-3-5-7-14/h19H,2-11H2,1H3,(H2,15,17)(H,16,18). The number of oxime groups is 1. The molecule has 0 atom stereocenters. The van der Waals surface area contributed by atoms with Gasteiger partial charge < -0.3 is 25.7 Å². The van der Waals surface area contributed by atoms with Crippen LogP contribution in [0.3, 0.4) is 0 Å². The van der Waals surface area contributed by atoms with E-state index >= 15 is 0 Å². The van der Waals surface area contributed by atoms with E-state index in [1.807, 2.05) is 0 Å². The number of nitrogens with two attached hydrogens (primary N) is 1. The lowest BCUT2D eigenvalue weighted by atomic mass is 9.78. The molecule has 0 aromatic carbocycles. The van der Waals surface area contributed by atoms with Crippen molar-refractivity contribution in [3.63, 3.8) is 0 Å². The van der Waals surface area contributed by atoms with Gasteiger partial charge >= 0.3 is 0 Å². The number of ether oxygens (including phenoxy) is 2. The van der Waals surface area contributed by atoms with Crippen LogP contribution >= 0.6 is 0 Å². The molecule has 21 heavy (non-hydrogen) atoms. The van der Waals surface area contributed by atoms with Gasteiger partial charge in [0.15, 0.2) is 5.84 Å². The molecule has 7 heteroatoms. The van der Waals surface area contributed by atoms with Gasteiger partial charge in [0.1, 0.15) is 5.41 Å². The molecule has 0 bridgehead atoms. The van der Waals surface area contributed by atoms with E-state index in [4.69, 9.17) is 20.4 Å². The molecule has 0 spiro atoms. The summed E-state index contributed by atoms with van der Waals surface area (Å²) < 4.78 is 10.2. The molecule has 0 aromatic rings. The highest BCUT2D eigenvalue weighted by Gasteiger charge is 2.42. The lowest BCUT2D eigenvalue weighted by molar-refractivity contribution is -0.128. The first-order chi connectivity index (χ1) is 10.2. The Morgan fingerprint density at radius 1 is 1.24 bits per heavy atom. The first-order valence-electron chi connectivity index (χ1n) is 7.50. The molecule has 0 unspecified atom stereocenters. The van der Waals surface area contributed by atoms with E-state index in [0.29, 0.717) is 39.2 Å². The third-order valence-corrected chi connectivity index (χ3v) is 3.95. The molecule has 7 nitrogen and oxygen atoms in total. The highest BCUT2D eigenvalue weighted by Crippen LogP contribution is 2.35. The molecule has 122 valence electrons. The number of hydrogen-bond acceptors (Lipinski definition) is 5. The van der Waals surface area contributed by atoms with Crippen LogP contribution in [0.15, 0.2) is 5.16 Å². The van der Waals surface area contributed by atoms with Crippen LogP contribution in [-0.2, 0) is 14.3 Å². The van der Waals surface area contributed by atoms with Gasteiger partial charge in [0.25, 0.3) is 0 Å². The monoisotopic (exact) mass is 301 g/mol. The van der Waals surface area contributed by atoms with Gasteiger partial charge in [0.2, 0.25) is 5.91 Å². The van der Waals surface area contributed by atoms with Crippen LogP contribution in [-0.4, -0.2) is 50.4 Å². The lowest BCUT2D eigenvalue weighted by Crippen LogP contribution is -2.50. The molecule has 1 saturated carbocycles. The van der Waals surface area contributed by atoms with Crippen LogP contribution in [0, 0.1) is 5.41 Å². The molecule has 1 rings (SSSR count). The molecule has 1 aliphatic rings. The van der Waals surface area contributed by atoms with Crippen molar-refractivity contribution in [1.29, 1.82) is 0 Å². The zero-order valence-electron chi connectivity index (χ0n) is 12.8. The Balaban J connectivity index is 2.52. The first-order valence-corrected chi connectivity index (χ1v) is 7.50. The van der Waals surface area contributed by atoms with Gasteiger partial charge in [0.05, 0.1) is 19.8 Å². The second kappa shape index (κ2) is 9.57. The van der Waals surface area contributed by atoms with Gasteiger partial charge in [-0.2, -0.15) is 0 Å². The SMILES string of the molecule is COCCOCCNC(=O)C1(C(N)=NO)CCCCCC1. The van der Waals surface area contributed by atoms with Crippen LogP contribution in [0.1, 0.15) is 38.5 Å². The summed E-state index contributed by atoms with van der Waals surface area (Å²) in [4.78, 5) is 12.5. The first kappa shape index (κ1) is 17.7. The minimum Gasteiger partial charge on any atom is -0.409 e. The second-order valence-electron chi connectivity index (χ2n) is 5.34. The van der Waals surface area contributed by atoms with Crippen LogP contribution < -0.4 is 11.1 Å². The zero-order valence-corrected chi connectivity index (χ0v) is 12.8. The van der Waals surface area contributed by atoms with Gasteiger partial charge in [-0.25, -0.2) is 0 Å². The number of rotatable bonds is 8. The summed E-state index contributed by atoms with van der Waals surface area (Å²) in [5.74, 6) is -0.155. The summed E-state index contributed by atoms with van der Waals surface area (Å²) >= 11 is 0. The van der Waals surface area contributed by atoms with Gasteiger partial charge in [-0.3, -0.25) is 4.79 Å². The Labute approximate surface area is 125 Å². The van der Waals surface area contributed by atoms with Gasteiger partial charge in [-0.15, -0.1) is 0 Å². The number of nitrogens with one attached hydrogen (secondary N) is 1. The maximum atomic E-state index is 12.5. The molecule has 0 aliphatic heterocycles. The summed E-state index contributed by atoms with van der Waals surface area (Å²) in [7, 11) is 1.61. The third-order valence-electron chi connectivity index (χ3n) is 3.95. The average Bonchev–Trinajstić information content (AvgIpc) is 2.76. The van der Waals surface area contributed by atoms with E-state index in [0.717, 1.165) is 25.7 Å². The van der Waals surface area contributed by atoms with Crippen LogP contribution in [0.2, 0.25) is 0 Å². The van der Waals surface area contributed by atoms with Gasteiger partial charge in [-0.1, -0.05) is 30.8 Å². The van der Waals surface area contributed by atoms with Crippen molar-refractivity contribution >= 4 is 11.7 Å². The fourth-order valence-corrected chi connectivity index (χ4v) is 2.68. The van der Waals surface area contributed by atoms with Crippen LogP contribution in [0.25, 0.3) is 0 Å². The lowest BCUT2D eigenvalue weighted by Gasteiger charge is -2.29. The van der Waals surface area contributed by atoms with E-state index in [2.05, 4.69) is 10.5 Å². The molecular weight excluding hydrogens is 274 g/mol. The summed E-state index contributed by atoms with van der Waals surface area (Å²) in [6.45, 7) is 1.85. The molecule has 0 saturated heterocycles. The quantitative estimate of drug-likeness (QED) is 0.154. The minimum absolute atomic E-state index is 0.0159. The fraction of sp³-hybridized carbons (Fsp3) is 0.857. The smallest absolute Gasteiger partial charge is 0.234 e. The summed E-state index contributed by atoms with van der Waals surface area (Å²) in [5.41, 5.74) is 4.94. The van der Waals surface area contributed by atoms with Crippen molar-refractivity contribution in [2.75, 3.05) is 33.5 Å². The van der Waals surface area contributed by atoms with E-state index in [1.165, 1.54) is 0 Å². The fourth-order valence-electron chi connectivity index (χ4n) is 2.68. The van der Waals surface area contributed by atoms with Crippen molar-refractivity contribution < 1.29 is 19.5 Å². The van der Waals surface area contributed by atoms with E-state index in [1.54, 1.807) is 7.11 Å². The molecule has 0 heterocycles. The Bertz CT molecular complexity index is 339. The van der Waals surface area contributed by atoms with E-state index in [-0.39, 0.29) is 11.7 Å². The van der Waals surface area contributed by atoms with E-state index in [9.17, 15) is 4.79 Å². The normalized spacial score (nSPS) is 19.0. The Morgan fingerprint density at radius 3 is 2.48 bits per heavy atom. The molecule has 1 fully saturated rings. The number of hydrogen-bond donors (Lipinski definition) is 3. The maximum absolute atomic E-state index is 12.5. The number of amides is 1. The molecule has 1 amide bonds.